The van der Waals surface area contributed by atoms with Crippen molar-refractivity contribution >= 4 is 39.1 Å². The van der Waals surface area contributed by atoms with Gasteiger partial charge in [-0.15, -0.1) is 0 Å². The van der Waals surface area contributed by atoms with Crippen LogP contribution in [-0.2, 0) is 21.4 Å². The number of carbonyl (C=O) groups excluding carboxylic acids is 1. The zero-order chi connectivity index (χ0) is 20.9. The van der Waals surface area contributed by atoms with E-state index in [-0.39, 0.29) is 23.9 Å². The summed E-state index contributed by atoms with van der Waals surface area (Å²) < 4.78 is 27.8. The van der Waals surface area contributed by atoms with Crippen molar-refractivity contribution in [3.8, 4) is 0 Å². The summed E-state index contributed by atoms with van der Waals surface area (Å²) in [5.41, 5.74) is 0.597. The Balaban J connectivity index is 1.89. The number of rotatable bonds is 6. The van der Waals surface area contributed by atoms with Gasteiger partial charge in [0.2, 0.25) is 15.9 Å². The van der Waals surface area contributed by atoms with Gasteiger partial charge < -0.3 is 4.90 Å². The third-order valence-electron chi connectivity index (χ3n) is 5.01. The number of carbonyl (C=O) groups is 1. The van der Waals surface area contributed by atoms with E-state index in [1.807, 2.05) is 0 Å². The van der Waals surface area contributed by atoms with Crippen LogP contribution >= 0.6 is 23.2 Å². The molecule has 0 bridgehead atoms. The molecule has 29 heavy (non-hydrogen) atoms. The van der Waals surface area contributed by atoms with Crippen molar-refractivity contribution in [2.24, 2.45) is 0 Å². The molecule has 0 atom stereocenters. The molecule has 5 nitrogen and oxygen atoms in total. The molecule has 1 heterocycles. The summed E-state index contributed by atoms with van der Waals surface area (Å²) in [5, 5.41) is 0.838. The van der Waals surface area contributed by atoms with Crippen LogP contribution in [0, 0.1) is 0 Å². The van der Waals surface area contributed by atoms with Gasteiger partial charge in [-0.05, 0) is 42.7 Å². The van der Waals surface area contributed by atoms with Crippen molar-refractivity contribution in [2.75, 3.05) is 19.6 Å². The quantitative estimate of drug-likeness (QED) is 0.641. The van der Waals surface area contributed by atoms with E-state index in [4.69, 9.17) is 23.2 Å². The van der Waals surface area contributed by atoms with Crippen molar-refractivity contribution in [3.63, 3.8) is 0 Å². The molecule has 156 valence electrons. The first-order valence-corrected chi connectivity index (χ1v) is 11.8. The fourth-order valence-corrected chi connectivity index (χ4v) is 5.24. The summed E-state index contributed by atoms with van der Waals surface area (Å²) in [6.07, 6.45) is 4.08. The van der Waals surface area contributed by atoms with Gasteiger partial charge in [-0.1, -0.05) is 60.3 Å². The average Bonchev–Trinajstić information content (AvgIpc) is 2.99. The van der Waals surface area contributed by atoms with Gasteiger partial charge in [-0.2, -0.15) is 4.31 Å². The largest absolute Gasteiger partial charge is 0.342 e. The molecular weight excluding hydrogens is 431 g/mol. The third kappa shape index (κ3) is 5.72. The van der Waals surface area contributed by atoms with Gasteiger partial charge in [0.15, 0.2) is 0 Å². The maximum atomic E-state index is 13.3. The summed E-state index contributed by atoms with van der Waals surface area (Å²) in [6.45, 7) is 1.10. The van der Waals surface area contributed by atoms with Gasteiger partial charge in [0, 0.05) is 29.7 Å². The average molecular weight is 455 g/mol. The molecule has 1 aliphatic heterocycles. The van der Waals surface area contributed by atoms with E-state index < -0.39 is 10.0 Å². The smallest absolute Gasteiger partial charge is 0.243 e. The number of halogens is 2. The maximum absolute atomic E-state index is 13.3. The molecule has 8 heteroatoms. The summed E-state index contributed by atoms with van der Waals surface area (Å²) in [5.74, 6) is -0.184. The highest BCUT2D eigenvalue weighted by Gasteiger charge is 2.29. The Labute approximate surface area is 182 Å². The molecule has 0 spiro atoms. The first kappa shape index (κ1) is 22.1. The van der Waals surface area contributed by atoms with Gasteiger partial charge in [-0.25, -0.2) is 8.42 Å². The molecule has 0 aliphatic carbocycles. The fraction of sp³-hybridized carbons (Fsp3) is 0.381. The van der Waals surface area contributed by atoms with Crippen molar-refractivity contribution in [3.05, 3.63) is 64.1 Å². The first-order chi connectivity index (χ1) is 13.9. The van der Waals surface area contributed by atoms with Gasteiger partial charge in [0.25, 0.3) is 0 Å². The number of nitrogens with zero attached hydrogens (tertiary/aromatic N) is 2. The fourth-order valence-electron chi connectivity index (χ4n) is 3.38. The van der Waals surface area contributed by atoms with Crippen molar-refractivity contribution in [1.82, 2.24) is 9.21 Å². The van der Waals surface area contributed by atoms with Crippen LogP contribution in [0.4, 0.5) is 0 Å². The van der Waals surface area contributed by atoms with Crippen molar-refractivity contribution < 1.29 is 13.2 Å². The molecule has 1 amide bonds. The number of benzene rings is 2. The Morgan fingerprint density at radius 2 is 1.62 bits per heavy atom. The highest BCUT2D eigenvalue weighted by molar-refractivity contribution is 7.89. The van der Waals surface area contributed by atoms with Gasteiger partial charge in [-0.3, -0.25) is 4.79 Å². The van der Waals surface area contributed by atoms with E-state index in [0.29, 0.717) is 28.7 Å². The predicted molar refractivity (Wildman–Crippen MR) is 116 cm³/mol. The Kier molecular flexibility index (Phi) is 7.57. The summed E-state index contributed by atoms with van der Waals surface area (Å²) in [6, 6.07) is 13.1. The van der Waals surface area contributed by atoms with Crippen LogP contribution in [0.2, 0.25) is 10.0 Å². The molecule has 1 fully saturated rings. The van der Waals surface area contributed by atoms with E-state index in [9.17, 15) is 13.2 Å². The number of sulfonamides is 1. The Bertz CT molecular complexity index is 944. The maximum Gasteiger partial charge on any atom is 0.243 e. The number of amides is 1. The van der Waals surface area contributed by atoms with Gasteiger partial charge in [0.1, 0.15) is 0 Å². The van der Waals surface area contributed by atoms with E-state index in [1.165, 1.54) is 16.4 Å². The van der Waals surface area contributed by atoms with Crippen LogP contribution in [0.1, 0.15) is 31.2 Å². The number of hydrogen-bond acceptors (Lipinski definition) is 3. The summed E-state index contributed by atoms with van der Waals surface area (Å²) in [7, 11) is -3.87. The number of hydrogen-bond donors (Lipinski definition) is 0. The van der Waals surface area contributed by atoms with Crippen LogP contribution in [-0.4, -0.2) is 43.2 Å². The van der Waals surface area contributed by atoms with Crippen molar-refractivity contribution in [2.45, 2.75) is 37.1 Å². The monoisotopic (exact) mass is 454 g/mol. The van der Waals surface area contributed by atoms with E-state index >= 15 is 0 Å². The highest BCUT2D eigenvalue weighted by Crippen LogP contribution is 2.25. The minimum Gasteiger partial charge on any atom is -0.342 e. The van der Waals surface area contributed by atoms with Gasteiger partial charge in [0.05, 0.1) is 11.4 Å². The van der Waals surface area contributed by atoms with E-state index in [1.54, 1.807) is 41.3 Å². The SMILES string of the molecule is O=C(CN(Cc1ccc(Cl)cc1Cl)S(=O)(=O)c1ccccc1)N1CCCCCC1. The lowest BCUT2D eigenvalue weighted by Gasteiger charge is -2.26. The standard InChI is InChI=1S/C21H24Cl2N2O3S/c22-18-11-10-17(20(23)14-18)15-25(29(27,28)19-8-4-3-5-9-19)16-21(26)24-12-6-1-2-7-13-24/h3-5,8-11,14H,1-2,6-7,12-13,15-16H2. The lowest BCUT2D eigenvalue weighted by Crippen LogP contribution is -2.43. The highest BCUT2D eigenvalue weighted by atomic mass is 35.5. The van der Waals surface area contributed by atoms with Crippen LogP contribution in [0.5, 0.6) is 0 Å². The molecular formula is C21H24Cl2N2O3S. The minimum atomic E-state index is -3.87. The second-order valence-corrected chi connectivity index (χ2v) is 9.90. The molecule has 0 aromatic heterocycles. The third-order valence-corrected chi connectivity index (χ3v) is 7.41. The zero-order valence-corrected chi connectivity index (χ0v) is 18.4. The zero-order valence-electron chi connectivity index (χ0n) is 16.1. The second-order valence-electron chi connectivity index (χ2n) is 7.12. The van der Waals surface area contributed by atoms with Crippen LogP contribution in [0.15, 0.2) is 53.4 Å². The molecule has 2 aromatic rings. The molecule has 1 aliphatic rings. The summed E-state index contributed by atoms with van der Waals surface area (Å²) >= 11 is 12.2. The van der Waals surface area contributed by atoms with Crippen LogP contribution in [0.25, 0.3) is 0 Å². The van der Waals surface area contributed by atoms with E-state index in [0.717, 1.165) is 25.7 Å². The Morgan fingerprint density at radius 3 is 2.24 bits per heavy atom. The molecule has 2 aromatic carbocycles. The lowest BCUT2D eigenvalue weighted by molar-refractivity contribution is -0.131. The van der Waals surface area contributed by atoms with Crippen LogP contribution < -0.4 is 0 Å². The van der Waals surface area contributed by atoms with Crippen molar-refractivity contribution in [1.29, 1.82) is 0 Å². The molecule has 0 saturated carbocycles. The summed E-state index contributed by atoms with van der Waals surface area (Å²) in [4.78, 5) is 14.8. The molecule has 1 saturated heterocycles. The second kappa shape index (κ2) is 9.94. The lowest BCUT2D eigenvalue weighted by atomic mass is 10.2. The minimum absolute atomic E-state index is 0.00713. The molecule has 3 rings (SSSR count). The Hall–Kier alpha value is -1.60. The molecule has 0 unspecified atom stereocenters. The molecule has 0 radical (unpaired) electrons. The van der Waals surface area contributed by atoms with Crippen LogP contribution in [0.3, 0.4) is 0 Å². The first-order valence-electron chi connectivity index (χ1n) is 9.65. The van der Waals surface area contributed by atoms with Gasteiger partial charge >= 0.3 is 0 Å². The topological polar surface area (TPSA) is 57.7 Å². The number of likely N-dealkylation sites (tertiary alicyclic amines) is 1. The van der Waals surface area contributed by atoms with E-state index in [2.05, 4.69) is 0 Å². The normalized spacial score (nSPS) is 15.3. The molecule has 0 N–H and O–H groups in total. The predicted octanol–water partition coefficient (Wildman–Crippen LogP) is 4.59. The Morgan fingerprint density at radius 1 is 0.966 bits per heavy atom.